The van der Waals surface area contributed by atoms with Crippen LogP contribution in [-0.4, -0.2) is 0 Å². The van der Waals surface area contributed by atoms with E-state index in [1.54, 1.807) is 0 Å². The molecule has 0 saturated heterocycles. The number of alkyl halides is 4. The van der Waals surface area contributed by atoms with Crippen LogP contribution in [0.5, 0.6) is 0 Å². The molecule has 0 heterocycles. The van der Waals surface area contributed by atoms with Gasteiger partial charge in [0.05, 0.1) is 19.3 Å². The standard InChI is InChI=1S/C22H18Br4/c23-19(15-9-3-1-4-10-15)21(25)17-13-7-8-14-18(17)22(26)20(24)16-11-5-2-6-12-16/h1-14,19-22H. The van der Waals surface area contributed by atoms with Crippen LogP contribution in [0.4, 0.5) is 0 Å². The van der Waals surface area contributed by atoms with Crippen LogP contribution >= 0.6 is 63.7 Å². The second-order valence-electron chi connectivity index (χ2n) is 6.06. The molecule has 0 saturated carbocycles. The van der Waals surface area contributed by atoms with Crippen molar-refractivity contribution in [1.29, 1.82) is 0 Å². The quantitative estimate of drug-likeness (QED) is 0.248. The third kappa shape index (κ3) is 4.70. The van der Waals surface area contributed by atoms with Gasteiger partial charge in [0.1, 0.15) is 0 Å². The average molecular weight is 602 g/mol. The Labute approximate surface area is 188 Å². The fourth-order valence-electron chi connectivity index (χ4n) is 2.94. The Morgan fingerprint density at radius 1 is 0.385 bits per heavy atom. The highest BCUT2D eigenvalue weighted by atomic mass is 79.9. The number of hydrogen-bond acceptors (Lipinski definition) is 0. The van der Waals surface area contributed by atoms with E-state index in [4.69, 9.17) is 0 Å². The lowest BCUT2D eigenvalue weighted by Gasteiger charge is -2.25. The van der Waals surface area contributed by atoms with E-state index in [0.717, 1.165) is 0 Å². The normalized spacial score (nSPS) is 15.8. The third-order valence-corrected chi connectivity index (χ3v) is 9.92. The topological polar surface area (TPSA) is 0 Å². The molecular formula is C22H18Br4. The third-order valence-electron chi connectivity index (χ3n) is 4.34. The van der Waals surface area contributed by atoms with E-state index in [2.05, 4.69) is 137 Å². The Morgan fingerprint density at radius 2 is 0.692 bits per heavy atom. The molecular weight excluding hydrogens is 584 g/mol. The van der Waals surface area contributed by atoms with Gasteiger partial charge in [0.2, 0.25) is 0 Å². The lowest BCUT2D eigenvalue weighted by molar-refractivity contribution is 0.873. The summed E-state index contributed by atoms with van der Waals surface area (Å²) in [7, 11) is 0. The first-order valence-corrected chi connectivity index (χ1v) is 12.0. The van der Waals surface area contributed by atoms with Gasteiger partial charge in [-0.1, -0.05) is 149 Å². The summed E-state index contributed by atoms with van der Waals surface area (Å²) < 4.78 is 0. The molecule has 0 bridgehead atoms. The van der Waals surface area contributed by atoms with Gasteiger partial charge in [0.15, 0.2) is 0 Å². The molecule has 0 N–H and O–H groups in total. The van der Waals surface area contributed by atoms with Crippen molar-refractivity contribution in [2.24, 2.45) is 0 Å². The zero-order valence-corrected chi connectivity index (χ0v) is 20.2. The van der Waals surface area contributed by atoms with E-state index in [1.165, 1.54) is 22.3 Å². The minimum absolute atomic E-state index is 0.164. The van der Waals surface area contributed by atoms with E-state index in [1.807, 2.05) is 12.1 Å². The van der Waals surface area contributed by atoms with Crippen LogP contribution in [-0.2, 0) is 0 Å². The second kappa shape index (κ2) is 9.68. The highest BCUT2D eigenvalue weighted by molar-refractivity contribution is 9.12. The first-order chi connectivity index (χ1) is 12.6. The molecule has 0 spiro atoms. The summed E-state index contributed by atoms with van der Waals surface area (Å²) in [4.78, 5) is 0.707. The summed E-state index contributed by atoms with van der Waals surface area (Å²) in [6.07, 6.45) is 0. The van der Waals surface area contributed by atoms with Gasteiger partial charge in [-0.25, -0.2) is 0 Å². The maximum absolute atomic E-state index is 3.93. The molecule has 0 aliphatic heterocycles. The monoisotopic (exact) mass is 598 g/mol. The molecule has 0 aromatic heterocycles. The van der Waals surface area contributed by atoms with E-state index in [0.29, 0.717) is 0 Å². The summed E-state index contributed by atoms with van der Waals surface area (Å²) in [5.41, 5.74) is 5.07. The van der Waals surface area contributed by atoms with Gasteiger partial charge in [-0.2, -0.15) is 0 Å². The maximum Gasteiger partial charge on any atom is 0.0564 e. The van der Waals surface area contributed by atoms with Crippen LogP contribution in [0.2, 0.25) is 0 Å². The van der Waals surface area contributed by atoms with E-state index >= 15 is 0 Å². The highest BCUT2D eigenvalue weighted by Gasteiger charge is 2.27. The van der Waals surface area contributed by atoms with Crippen molar-refractivity contribution in [3.63, 3.8) is 0 Å². The van der Waals surface area contributed by atoms with Gasteiger partial charge in [-0.05, 0) is 22.3 Å². The van der Waals surface area contributed by atoms with Gasteiger partial charge in [0, 0.05) is 0 Å². The molecule has 0 aliphatic carbocycles. The largest absolute Gasteiger partial charge is 0.0823 e. The minimum atomic E-state index is 0.164. The Kier molecular flexibility index (Phi) is 7.56. The number of hydrogen-bond donors (Lipinski definition) is 0. The van der Waals surface area contributed by atoms with Crippen molar-refractivity contribution in [2.45, 2.75) is 19.3 Å². The van der Waals surface area contributed by atoms with Gasteiger partial charge in [-0.15, -0.1) is 0 Å². The van der Waals surface area contributed by atoms with Crippen molar-refractivity contribution in [3.05, 3.63) is 107 Å². The molecule has 4 unspecified atom stereocenters. The minimum Gasteiger partial charge on any atom is -0.0823 e. The molecule has 3 rings (SSSR count). The molecule has 0 aliphatic rings. The van der Waals surface area contributed by atoms with Crippen LogP contribution < -0.4 is 0 Å². The lowest BCUT2D eigenvalue weighted by atomic mass is 9.95. The zero-order valence-electron chi connectivity index (χ0n) is 13.9. The highest BCUT2D eigenvalue weighted by Crippen LogP contribution is 2.49. The van der Waals surface area contributed by atoms with Gasteiger partial charge >= 0.3 is 0 Å². The van der Waals surface area contributed by atoms with Gasteiger partial charge < -0.3 is 0 Å². The molecule has 0 amide bonds. The fraction of sp³-hybridized carbons (Fsp3) is 0.182. The summed E-state index contributed by atoms with van der Waals surface area (Å²) in [5.74, 6) is 0. The Hall–Kier alpha value is -0.420. The van der Waals surface area contributed by atoms with Gasteiger partial charge in [0.25, 0.3) is 0 Å². The summed E-state index contributed by atoms with van der Waals surface area (Å²) in [6.45, 7) is 0. The Balaban J connectivity index is 1.90. The molecule has 3 aromatic rings. The predicted molar refractivity (Wildman–Crippen MR) is 126 cm³/mol. The molecule has 134 valence electrons. The van der Waals surface area contributed by atoms with E-state index < -0.39 is 0 Å². The Morgan fingerprint density at radius 3 is 1.04 bits per heavy atom. The van der Waals surface area contributed by atoms with Crippen LogP contribution in [0, 0.1) is 0 Å². The first kappa shape index (κ1) is 20.3. The smallest absolute Gasteiger partial charge is 0.0564 e. The molecule has 0 fully saturated rings. The number of halogens is 4. The summed E-state index contributed by atoms with van der Waals surface area (Å²) >= 11 is 15.6. The SMILES string of the molecule is BrC(c1ccccc1)C(Br)c1ccccc1C(Br)C(Br)c1ccccc1. The van der Waals surface area contributed by atoms with Crippen molar-refractivity contribution >= 4 is 63.7 Å². The molecule has 26 heavy (non-hydrogen) atoms. The first-order valence-electron chi connectivity index (χ1n) is 8.34. The van der Waals surface area contributed by atoms with Gasteiger partial charge in [-0.3, -0.25) is 0 Å². The number of benzene rings is 3. The number of rotatable bonds is 6. The molecule has 4 atom stereocenters. The zero-order chi connectivity index (χ0) is 18.5. The average Bonchev–Trinajstić information content (AvgIpc) is 2.73. The van der Waals surface area contributed by atoms with Crippen molar-refractivity contribution in [1.82, 2.24) is 0 Å². The molecule has 0 nitrogen and oxygen atoms in total. The fourth-order valence-corrected chi connectivity index (χ4v) is 5.56. The van der Waals surface area contributed by atoms with Crippen LogP contribution in [0.1, 0.15) is 41.6 Å². The lowest BCUT2D eigenvalue weighted by Crippen LogP contribution is -2.07. The molecule has 0 radical (unpaired) electrons. The summed E-state index contributed by atoms with van der Waals surface area (Å²) in [5, 5.41) is 0. The second-order valence-corrected chi connectivity index (χ2v) is 10.0. The van der Waals surface area contributed by atoms with Crippen molar-refractivity contribution in [2.75, 3.05) is 0 Å². The van der Waals surface area contributed by atoms with Crippen molar-refractivity contribution < 1.29 is 0 Å². The van der Waals surface area contributed by atoms with Crippen LogP contribution in [0.15, 0.2) is 84.9 Å². The molecule has 3 aromatic carbocycles. The predicted octanol–water partition coefficient (Wildman–Crippen LogP) is 8.83. The van der Waals surface area contributed by atoms with Crippen LogP contribution in [0.25, 0.3) is 0 Å². The van der Waals surface area contributed by atoms with E-state index in [-0.39, 0.29) is 19.3 Å². The molecule has 4 heteroatoms. The Bertz CT molecular complexity index is 749. The summed E-state index contributed by atoms with van der Waals surface area (Å²) in [6, 6.07) is 29.6. The van der Waals surface area contributed by atoms with Crippen LogP contribution in [0.3, 0.4) is 0 Å². The van der Waals surface area contributed by atoms with E-state index in [9.17, 15) is 0 Å². The maximum atomic E-state index is 3.93. The van der Waals surface area contributed by atoms with Crippen molar-refractivity contribution in [3.8, 4) is 0 Å².